The van der Waals surface area contributed by atoms with E-state index in [0.29, 0.717) is 0 Å². The maximum absolute atomic E-state index is 5.25. The zero-order valence-corrected chi connectivity index (χ0v) is 7.21. The summed E-state index contributed by atoms with van der Waals surface area (Å²) in [7, 11) is 1.71. The van der Waals surface area contributed by atoms with Crippen LogP contribution >= 0.6 is 0 Å². The van der Waals surface area contributed by atoms with Gasteiger partial charge in [0, 0.05) is 6.04 Å². The van der Waals surface area contributed by atoms with E-state index in [4.69, 9.17) is 4.74 Å². The molecule has 0 unspecified atom stereocenters. The van der Waals surface area contributed by atoms with Crippen LogP contribution in [0.5, 0.6) is 0 Å². The lowest BCUT2D eigenvalue weighted by atomic mass is 10.00. The highest BCUT2D eigenvalue weighted by atomic mass is 16.5. The van der Waals surface area contributed by atoms with Crippen molar-refractivity contribution < 1.29 is 9.31 Å². The van der Waals surface area contributed by atoms with Gasteiger partial charge in [-0.1, -0.05) is 5.76 Å². The van der Waals surface area contributed by atoms with Crippen molar-refractivity contribution in [2.24, 2.45) is 0 Å². The second-order valence-electron chi connectivity index (χ2n) is 2.97. The van der Waals surface area contributed by atoms with E-state index >= 15 is 0 Å². The van der Waals surface area contributed by atoms with Crippen LogP contribution in [0.25, 0.3) is 0 Å². The molecule has 2 heteroatoms. The molecule has 1 aliphatic carbocycles. The van der Waals surface area contributed by atoms with Gasteiger partial charge in [-0.3, -0.25) is 0 Å². The van der Waals surface area contributed by atoms with Crippen LogP contribution in [0.4, 0.5) is 0 Å². The van der Waals surface area contributed by atoms with Gasteiger partial charge in [0.1, 0.15) is 6.54 Å². The van der Waals surface area contributed by atoms with Crippen LogP contribution in [-0.2, 0) is 4.74 Å². The Morgan fingerprint density at radius 3 is 3.33 bits per heavy atom. The zero-order valence-electron chi connectivity index (χ0n) is 7.21. The van der Waals surface area contributed by atoms with E-state index in [2.05, 4.69) is 12.8 Å². The minimum atomic E-state index is 0.985. The monoisotopic (exact) mass is 162 g/mol. The summed E-state index contributed by atoms with van der Waals surface area (Å²) in [5, 5.41) is 0. The van der Waals surface area contributed by atoms with Crippen LogP contribution in [0.3, 0.4) is 0 Å². The van der Waals surface area contributed by atoms with Crippen LogP contribution < -0.4 is 0 Å². The van der Waals surface area contributed by atoms with Crippen LogP contribution in [0.15, 0.2) is 23.5 Å². The number of ether oxygens (including phenoxy) is 1. The van der Waals surface area contributed by atoms with Gasteiger partial charge in [-0.2, -0.15) is 6.08 Å². The Labute approximate surface area is 72.9 Å². The van der Waals surface area contributed by atoms with Crippen LogP contribution in [0.2, 0.25) is 0 Å². The number of nitrogens with zero attached hydrogens (tertiary/aromatic N) is 1. The first-order chi connectivity index (χ1) is 5.83. The highest BCUT2D eigenvalue weighted by Gasteiger charge is 2.20. The molecule has 1 heterocycles. The fourth-order valence-electron chi connectivity index (χ4n) is 1.66. The van der Waals surface area contributed by atoms with Crippen molar-refractivity contribution >= 4 is 6.72 Å². The highest BCUT2D eigenvalue weighted by Crippen LogP contribution is 2.34. The molecule has 0 N–H and O–H groups in total. The number of rotatable bonds is 1. The third-order valence-corrected chi connectivity index (χ3v) is 2.30. The third kappa shape index (κ3) is 0.916. The molecule has 64 valence electrons. The van der Waals surface area contributed by atoms with Gasteiger partial charge in [-0.15, -0.1) is 5.57 Å². The van der Waals surface area contributed by atoms with Gasteiger partial charge in [-0.25, -0.2) is 12.5 Å². The molecule has 0 aromatic rings. The molecule has 2 rings (SSSR count). The predicted octanol–water partition coefficient (Wildman–Crippen LogP) is 1.31. The summed E-state index contributed by atoms with van der Waals surface area (Å²) in [6, 6.07) is 1.20. The molecule has 0 saturated carbocycles. The van der Waals surface area contributed by atoms with Crippen molar-refractivity contribution in [1.82, 2.24) is 0 Å². The Morgan fingerprint density at radius 2 is 2.58 bits per heavy atom. The minimum absolute atomic E-state index is 0.985. The molecule has 1 aliphatic heterocycles. The van der Waals surface area contributed by atoms with Gasteiger partial charge < -0.3 is 9.31 Å². The molecule has 1 saturated heterocycles. The van der Waals surface area contributed by atoms with Gasteiger partial charge in [0.2, 0.25) is 0 Å². The number of allylic oxidation sites excluding steroid dienone is 1. The lowest BCUT2D eigenvalue weighted by Crippen LogP contribution is -2.11. The van der Waals surface area contributed by atoms with Crippen molar-refractivity contribution in [1.29, 1.82) is 0 Å². The largest absolute Gasteiger partial charge is 0.564 e. The molecule has 0 aromatic carbocycles. The second-order valence-corrected chi connectivity index (χ2v) is 2.97. The molecule has 0 atom stereocenters. The van der Waals surface area contributed by atoms with E-state index in [1.54, 1.807) is 7.11 Å². The molecule has 2 nitrogen and oxygen atoms in total. The molecule has 1 fully saturated rings. The standard InChI is InChI=1S/C10H12NO/c1-11-7-6-8-9(11)4-3-5-10(8)12-2/h3-5H,1,6-7H2,2H3/q-1. The van der Waals surface area contributed by atoms with Gasteiger partial charge in [-0.05, 0) is 6.42 Å². The van der Waals surface area contributed by atoms with E-state index in [1.807, 2.05) is 17.1 Å². The first kappa shape index (κ1) is 7.35. The Morgan fingerprint density at radius 1 is 1.75 bits per heavy atom. The average molecular weight is 162 g/mol. The molecule has 0 amide bonds. The fraction of sp³-hybridized carbons (Fsp3) is 0.300. The van der Waals surface area contributed by atoms with Crippen molar-refractivity contribution in [2.75, 3.05) is 13.7 Å². The van der Waals surface area contributed by atoms with Gasteiger partial charge in [0.15, 0.2) is 0 Å². The number of hydrogen-bond donors (Lipinski definition) is 0. The SMILES string of the molecule is C=[N+]1CCC2=C(OC)[CH-]C=C[C-]21. The number of hydrogen-bond acceptors (Lipinski definition) is 1. The van der Waals surface area contributed by atoms with Crippen LogP contribution in [0, 0.1) is 12.5 Å². The first-order valence-electron chi connectivity index (χ1n) is 4.07. The molecule has 0 aromatic heterocycles. The minimum Gasteiger partial charge on any atom is -0.564 e. The summed E-state index contributed by atoms with van der Waals surface area (Å²) in [6.07, 6.45) is 7.12. The van der Waals surface area contributed by atoms with E-state index in [-0.39, 0.29) is 0 Å². The maximum Gasteiger partial charge on any atom is 0.121 e. The summed E-state index contributed by atoms with van der Waals surface area (Å²) >= 11 is 0. The lowest BCUT2D eigenvalue weighted by Gasteiger charge is -2.28. The zero-order chi connectivity index (χ0) is 8.55. The van der Waals surface area contributed by atoms with Gasteiger partial charge in [0.05, 0.1) is 13.8 Å². The summed E-state index contributed by atoms with van der Waals surface area (Å²) in [5.74, 6) is 0.985. The normalized spacial score (nSPS) is 21.1. The van der Waals surface area contributed by atoms with E-state index in [9.17, 15) is 0 Å². The lowest BCUT2D eigenvalue weighted by molar-refractivity contribution is -0.475. The number of fused-ring (bicyclic) bond motifs is 1. The summed E-state index contributed by atoms with van der Waals surface area (Å²) in [5.41, 5.74) is 1.29. The summed E-state index contributed by atoms with van der Waals surface area (Å²) < 4.78 is 7.26. The molecule has 0 bridgehead atoms. The second kappa shape index (κ2) is 2.63. The van der Waals surface area contributed by atoms with Crippen LogP contribution in [-0.4, -0.2) is 24.9 Å². The molecule has 12 heavy (non-hydrogen) atoms. The third-order valence-electron chi connectivity index (χ3n) is 2.30. The topological polar surface area (TPSA) is 12.2 Å². The van der Waals surface area contributed by atoms with Crippen molar-refractivity contribution in [3.63, 3.8) is 0 Å². The Hall–Kier alpha value is -1.31. The van der Waals surface area contributed by atoms with Gasteiger partial charge in [0.25, 0.3) is 0 Å². The van der Waals surface area contributed by atoms with E-state index in [1.165, 1.54) is 11.6 Å². The smallest absolute Gasteiger partial charge is 0.121 e. The van der Waals surface area contributed by atoms with Crippen LogP contribution in [0.1, 0.15) is 6.42 Å². The van der Waals surface area contributed by atoms with E-state index < -0.39 is 0 Å². The Balaban J connectivity index is 2.35. The Kier molecular flexibility index (Phi) is 1.61. The maximum atomic E-state index is 5.25. The molecule has 0 spiro atoms. The predicted molar refractivity (Wildman–Crippen MR) is 47.6 cm³/mol. The number of methoxy groups -OCH3 is 1. The molecular weight excluding hydrogens is 150 g/mol. The van der Waals surface area contributed by atoms with E-state index in [0.717, 1.165) is 18.7 Å². The van der Waals surface area contributed by atoms with Crippen molar-refractivity contribution in [3.8, 4) is 0 Å². The average Bonchev–Trinajstić information content (AvgIpc) is 2.48. The quantitative estimate of drug-likeness (QED) is 0.418. The van der Waals surface area contributed by atoms with Crippen molar-refractivity contribution in [2.45, 2.75) is 6.42 Å². The first-order valence-corrected chi connectivity index (χ1v) is 4.07. The Bertz CT molecular complexity index is 276. The molecule has 0 radical (unpaired) electrons. The summed E-state index contributed by atoms with van der Waals surface area (Å²) in [6.45, 7) is 4.93. The highest BCUT2D eigenvalue weighted by molar-refractivity contribution is 5.44. The summed E-state index contributed by atoms with van der Waals surface area (Å²) in [4.78, 5) is 0. The van der Waals surface area contributed by atoms with Crippen molar-refractivity contribution in [3.05, 3.63) is 35.9 Å². The fourth-order valence-corrected chi connectivity index (χ4v) is 1.66. The molecule has 2 aliphatic rings. The molecular formula is C10H12NO-. The van der Waals surface area contributed by atoms with Gasteiger partial charge >= 0.3 is 0 Å².